The second-order valence-corrected chi connectivity index (χ2v) is 4.54. The van der Waals surface area contributed by atoms with E-state index < -0.39 is 12.2 Å². The second kappa shape index (κ2) is 5.86. The van der Waals surface area contributed by atoms with Crippen LogP contribution in [0.2, 0.25) is 0 Å². The third kappa shape index (κ3) is 3.99. The number of halogens is 5. The maximum atomic E-state index is 12.1. The monoisotopic (exact) mass is 420 g/mol. The van der Waals surface area contributed by atoms with Gasteiger partial charge in [0.05, 0.1) is 16.1 Å². The molecule has 1 heterocycles. The smallest absolute Gasteiger partial charge is 0.387 e. The van der Waals surface area contributed by atoms with Crippen LogP contribution in [0.5, 0.6) is 5.88 Å². The zero-order valence-electron chi connectivity index (χ0n) is 8.18. The van der Waals surface area contributed by atoms with E-state index in [0.29, 0.717) is 16.5 Å². The van der Waals surface area contributed by atoms with Crippen molar-refractivity contribution < 1.29 is 17.9 Å². The summed E-state index contributed by atoms with van der Waals surface area (Å²) in [5, 5.41) is 8.91. The van der Waals surface area contributed by atoms with Crippen molar-refractivity contribution in [3.63, 3.8) is 0 Å². The highest BCUT2D eigenvalue weighted by Crippen LogP contribution is 2.30. The summed E-state index contributed by atoms with van der Waals surface area (Å²) in [6, 6.07) is 1.93. The molecule has 0 bridgehead atoms. The summed E-state index contributed by atoms with van der Waals surface area (Å²) in [5.74, 6) is -0.491. The number of aromatic nitrogens is 1. The molecule has 0 fully saturated rings. The lowest BCUT2D eigenvalue weighted by molar-refractivity contribution is -0.276. The summed E-state index contributed by atoms with van der Waals surface area (Å²) in [4.78, 5) is 3.57. The first-order valence-electron chi connectivity index (χ1n) is 4.24. The summed E-state index contributed by atoms with van der Waals surface area (Å²) in [6.45, 7) is 0. The van der Waals surface area contributed by atoms with E-state index in [0.717, 1.165) is 0 Å². The van der Waals surface area contributed by atoms with E-state index in [1.165, 1.54) is 6.20 Å². The van der Waals surface area contributed by atoms with E-state index in [9.17, 15) is 13.2 Å². The summed E-state index contributed by atoms with van der Waals surface area (Å²) in [7, 11) is 0. The van der Waals surface area contributed by atoms with E-state index in [1.54, 1.807) is 22.6 Å². The number of ether oxygens (including phenoxy) is 1. The highest BCUT2D eigenvalue weighted by Gasteiger charge is 2.33. The highest BCUT2D eigenvalue weighted by atomic mass is 127. The van der Waals surface area contributed by atoms with Crippen molar-refractivity contribution in [2.24, 2.45) is 0 Å². The largest absolute Gasteiger partial charge is 0.574 e. The Morgan fingerprint density at radius 3 is 2.65 bits per heavy atom. The SMILES string of the molecule is N#CCc1cnc(OC(F)(F)F)c(I)c1CBr. The molecule has 0 spiro atoms. The molecule has 1 rings (SSSR count). The van der Waals surface area contributed by atoms with Crippen molar-refractivity contribution in [1.29, 1.82) is 5.26 Å². The van der Waals surface area contributed by atoms with E-state index in [2.05, 4.69) is 25.7 Å². The standard InChI is InChI=1S/C9H5BrF3IN2O/c10-3-6-5(1-2-15)4-16-8(7(6)14)17-9(11,12)13/h4H,1,3H2. The Kier molecular flexibility index (Phi) is 5.00. The van der Waals surface area contributed by atoms with Crippen LogP contribution < -0.4 is 4.74 Å². The van der Waals surface area contributed by atoms with Crippen molar-refractivity contribution >= 4 is 38.5 Å². The zero-order chi connectivity index (χ0) is 13.1. The first kappa shape index (κ1) is 14.5. The molecule has 8 heteroatoms. The summed E-state index contributed by atoms with van der Waals surface area (Å²) in [5.41, 5.74) is 1.17. The Hall–Kier alpha value is -0.560. The van der Waals surface area contributed by atoms with Crippen LogP contribution in [0, 0.1) is 14.9 Å². The van der Waals surface area contributed by atoms with Crippen molar-refractivity contribution in [2.75, 3.05) is 0 Å². The Bertz CT molecular complexity index is 459. The van der Waals surface area contributed by atoms with Crippen LogP contribution in [0.4, 0.5) is 13.2 Å². The Morgan fingerprint density at radius 1 is 1.53 bits per heavy atom. The molecule has 0 aliphatic carbocycles. The summed E-state index contributed by atoms with van der Waals surface area (Å²) in [6.07, 6.45) is -3.45. The quantitative estimate of drug-likeness (QED) is 0.555. The van der Waals surface area contributed by atoms with E-state index in [-0.39, 0.29) is 9.99 Å². The number of nitriles is 1. The predicted octanol–water partition coefficient (Wildman–Crippen LogP) is 3.55. The molecule has 0 N–H and O–H groups in total. The molecule has 0 radical (unpaired) electrons. The highest BCUT2D eigenvalue weighted by molar-refractivity contribution is 14.1. The molecule has 0 saturated heterocycles. The van der Waals surface area contributed by atoms with Gasteiger partial charge in [0.15, 0.2) is 0 Å². The first-order chi connectivity index (χ1) is 7.89. The molecular weight excluding hydrogens is 416 g/mol. The van der Waals surface area contributed by atoms with Gasteiger partial charge in [0, 0.05) is 11.5 Å². The minimum absolute atomic E-state index is 0.0935. The van der Waals surface area contributed by atoms with Gasteiger partial charge in [-0.2, -0.15) is 5.26 Å². The van der Waals surface area contributed by atoms with Crippen molar-refractivity contribution in [1.82, 2.24) is 4.98 Å². The second-order valence-electron chi connectivity index (χ2n) is 2.90. The topological polar surface area (TPSA) is 45.9 Å². The Morgan fingerprint density at radius 2 is 2.18 bits per heavy atom. The molecule has 1 aromatic rings. The first-order valence-corrected chi connectivity index (χ1v) is 6.44. The van der Waals surface area contributed by atoms with Crippen LogP contribution in [0.1, 0.15) is 11.1 Å². The molecule has 0 aliphatic heterocycles. The normalized spacial score (nSPS) is 11.1. The lowest BCUT2D eigenvalue weighted by atomic mass is 10.1. The Labute approximate surface area is 117 Å². The number of hydrogen-bond acceptors (Lipinski definition) is 3. The fourth-order valence-corrected chi connectivity index (χ4v) is 3.06. The van der Waals surface area contributed by atoms with Gasteiger partial charge >= 0.3 is 6.36 Å². The average Bonchev–Trinajstić information content (AvgIpc) is 2.21. The van der Waals surface area contributed by atoms with Crippen LogP contribution >= 0.6 is 38.5 Å². The zero-order valence-corrected chi connectivity index (χ0v) is 11.9. The Balaban J connectivity index is 3.16. The number of rotatable bonds is 3. The van der Waals surface area contributed by atoms with E-state index in [4.69, 9.17) is 5.26 Å². The van der Waals surface area contributed by atoms with Crippen LogP contribution in [0.3, 0.4) is 0 Å². The van der Waals surface area contributed by atoms with Gasteiger partial charge in [0.1, 0.15) is 0 Å². The van der Waals surface area contributed by atoms with Gasteiger partial charge in [-0.3, -0.25) is 0 Å². The fourth-order valence-electron chi connectivity index (χ4n) is 1.10. The molecule has 1 aromatic heterocycles. The van der Waals surface area contributed by atoms with Gasteiger partial charge in [0.25, 0.3) is 0 Å². The van der Waals surface area contributed by atoms with E-state index in [1.807, 2.05) is 6.07 Å². The fraction of sp³-hybridized carbons (Fsp3) is 0.333. The van der Waals surface area contributed by atoms with Crippen LogP contribution in [0.25, 0.3) is 0 Å². The van der Waals surface area contributed by atoms with Crippen molar-refractivity contribution in [2.45, 2.75) is 18.1 Å². The molecule has 0 atom stereocenters. The summed E-state index contributed by atoms with van der Waals surface area (Å²) >= 11 is 4.88. The van der Waals surface area contributed by atoms with Crippen LogP contribution in [0.15, 0.2) is 6.20 Å². The molecule has 92 valence electrons. The minimum atomic E-state index is -4.77. The van der Waals surface area contributed by atoms with Gasteiger partial charge in [-0.15, -0.1) is 13.2 Å². The van der Waals surface area contributed by atoms with E-state index >= 15 is 0 Å². The lowest BCUT2D eigenvalue weighted by Crippen LogP contribution is -2.19. The number of alkyl halides is 4. The molecule has 0 unspecified atom stereocenters. The molecule has 17 heavy (non-hydrogen) atoms. The number of hydrogen-bond donors (Lipinski definition) is 0. The molecular formula is C9H5BrF3IN2O. The number of nitrogens with zero attached hydrogens (tertiary/aromatic N) is 2. The molecule has 0 aliphatic rings. The van der Waals surface area contributed by atoms with Crippen molar-refractivity contribution in [3.05, 3.63) is 20.9 Å². The average molecular weight is 421 g/mol. The van der Waals surface area contributed by atoms with Crippen LogP contribution in [-0.2, 0) is 11.8 Å². The molecule has 0 amide bonds. The molecule has 3 nitrogen and oxygen atoms in total. The maximum Gasteiger partial charge on any atom is 0.574 e. The molecule has 0 saturated carbocycles. The van der Waals surface area contributed by atoms with Gasteiger partial charge in [-0.05, 0) is 33.7 Å². The summed E-state index contributed by atoms with van der Waals surface area (Å²) < 4.78 is 40.3. The predicted molar refractivity (Wildman–Crippen MR) is 65.6 cm³/mol. The number of pyridine rings is 1. The van der Waals surface area contributed by atoms with Gasteiger partial charge in [-0.1, -0.05) is 15.9 Å². The van der Waals surface area contributed by atoms with Crippen molar-refractivity contribution in [3.8, 4) is 11.9 Å². The van der Waals surface area contributed by atoms with Gasteiger partial charge in [-0.25, -0.2) is 4.98 Å². The van der Waals surface area contributed by atoms with Crippen LogP contribution in [-0.4, -0.2) is 11.3 Å². The van der Waals surface area contributed by atoms with Gasteiger partial charge < -0.3 is 4.74 Å². The molecule has 0 aromatic carbocycles. The third-order valence-electron chi connectivity index (χ3n) is 1.79. The lowest BCUT2D eigenvalue weighted by Gasteiger charge is -2.13. The maximum absolute atomic E-state index is 12.1. The minimum Gasteiger partial charge on any atom is -0.387 e. The van der Waals surface area contributed by atoms with Gasteiger partial charge in [0.2, 0.25) is 5.88 Å². The third-order valence-corrected chi connectivity index (χ3v) is 3.47.